The first-order valence-electron chi connectivity index (χ1n) is 9.65. The highest BCUT2D eigenvalue weighted by atomic mass is 35.5. The van der Waals surface area contributed by atoms with Crippen LogP contribution in [0.5, 0.6) is 5.75 Å². The Morgan fingerprint density at radius 3 is 2.71 bits per heavy atom. The lowest BCUT2D eigenvalue weighted by Gasteiger charge is -2.29. The molecular formula is C21H21ClN4O3S2. The predicted octanol–water partition coefficient (Wildman–Crippen LogP) is 4.68. The third kappa shape index (κ3) is 5.66. The molecule has 1 saturated heterocycles. The van der Waals surface area contributed by atoms with Gasteiger partial charge >= 0.3 is 0 Å². The van der Waals surface area contributed by atoms with Crippen LogP contribution in [-0.2, 0) is 4.79 Å². The van der Waals surface area contributed by atoms with Crippen molar-refractivity contribution in [3.05, 3.63) is 47.5 Å². The molecule has 0 radical (unpaired) electrons. The molecule has 0 aliphatic carbocycles. The molecule has 1 aliphatic heterocycles. The van der Waals surface area contributed by atoms with Gasteiger partial charge in [0.1, 0.15) is 5.75 Å². The van der Waals surface area contributed by atoms with Gasteiger partial charge in [-0.2, -0.15) is 11.8 Å². The third-order valence-electron chi connectivity index (χ3n) is 4.65. The second-order valence-corrected chi connectivity index (χ2v) is 9.26. The monoisotopic (exact) mass is 476 g/mol. The van der Waals surface area contributed by atoms with Crippen molar-refractivity contribution in [2.75, 3.05) is 47.7 Å². The molecule has 1 amide bonds. The van der Waals surface area contributed by atoms with Gasteiger partial charge < -0.3 is 19.4 Å². The van der Waals surface area contributed by atoms with E-state index < -0.39 is 0 Å². The minimum atomic E-state index is -0.174. The smallest absolute Gasteiger partial charge is 0.277 e. The maximum absolute atomic E-state index is 12.3. The quantitative estimate of drug-likeness (QED) is 0.492. The fraction of sp³-hybridized carbons (Fsp3) is 0.286. The molecule has 10 heteroatoms. The molecule has 0 spiro atoms. The van der Waals surface area contributed by atoms with Crippen LogP contribution < -0.4 is 15.0 Å². The van der Waals surface area contributed by atoms with E-state index in [0.717, 1.165) is 41.6 Å². The molecule has 1 aromatic heterocycles. The van der Waals surface area contributed by atoms with Crippen LogP contribution in [0, 0.1) is 0 Å². The van der Waals surface area contributed by atoms with Gasteiger partial charge in [0.15, 0.2) is 0 Å². The van der Waals surface area contributed by atoms with Gasteiger partial charge in [-0.05, 0) is 42.5 Å². The first-order valence-corrected chi connectivity index (χ1v) is 12.2. The molecule has 1 fully saturated rings. The van der Waals surface area contributed by atoms with Crippen LogP contribution in [0.3, 0.4) is 0 Å². The van der Waals surface area contributed by atoms with E-state index in [-0.39, 0.29) is 11.7 Å². The summed E-state index contributed by atoms with van der Waals surface area (Å²) < 4.78 is 10.8. The molecule has 0 unspecified atom stereocenters. The molecule has 2 aromatic carbocycles. The van der Waals surface area contributed by atoms with Crippen LogP contribution in [0.2, 0.25) is 5.02 Å². The Morgan fingerprint density at radius 1 is 1.23 bits per heavy atom. The second-order valence-electron chi connectivity index (χ2n) is 6.70. The van der Waals surface area contributed by atoms with Crippen LogP contribution in [-0.4, -0.2) is 53.6 Å². The number of rotatable bonds is 7. The number of thioether (sulfide) groups is 2. The molecule has 7 nitrogen and oxygen atoms in total. The number of methoxy groups -OCH3 is 1. The van der Waals surface area contributed by atoms with Crippen molar-refractivity contribution in [1.82, 2.24) is 10.2 Å². The Morgan fingerprint density at radius 2 is 2.00 bits per heavy atom. The van der Waals surface area contributed by atoms with E-state index in [2.05, 4.69) is 20.4 Å². The number of hydrogen-bond donors (Lipinski definition) is 1. The molecule has 3 aromatic rings. The highest BCUT2D eigenvalue weighted by Gasteiger charge is 2.15. The highest BCUT2D eigenvalue weighted by molar-refractivity contribution is 7.99. The molecule has 0 saturated carbocycles. The van der Waals surface area contributed by atoms with Crippen LogP contribution in [0.25, 0.3) is 11.5 Å². The fourth-order valence-electron chi connectivity index (χ4n) is 3.09. The lowest BCUT2D eigenvalue weighted by atomic mass is 10.2. The van der Waals surface area contributed by atoms with Crippen molar-refractivity contribution in [3.63, 3.8) is 0 Å². The molecule has 4 rings (SSSR count). The standard InChI is InChI=1S/C21H21ClN4O3S2/c1-28-16-5-2-14(3-6-16)20-24-25-21(29-20)31-13-19(27)23-15-4-7-18(17(22)12-15)26-8-10-30-11-9-26/h2-7,12H,8-11,13H2,1H3,(H,23,27). The normalized spacial score (nSPS) is 13.8. The third-order valence-corrected chi connectivity index (χ3v) is 6.72. The number of aromatic nitrogens is 2. The van der Waals surface area contributed by atoms with Crippen LogP contribution in [0.15, 0.2) is 52.1 Å². The maximum Gasteiger partial charge on any atom is 0.277 e. The Balaban J connectivity index is 1.31. The summed E-state index contributed by atoms with van der Waals surface area (Å²) >= 11 is 9.58. The summed E-state index contributed by atoms with van der Waals surface area (Å²) in [7, 11) is 1.61. The summed E-state index contributed by atoms with van der Waals surface area (Å²) in [5.41, 5.74) is 2.45. The number of amides is 1. The van der Waals surface area contributed by atoms with E-state index in [0.29, 0.717) is 21.8 Å². The molecule has 2 heterocycles. The van der Waals surface area contributed by atoms with Crippen molar-refractivity contribution >= 4 is 52.4 Å². The van der Waals surface area contributed by atoms with Crippen molar-refractivity contribution in [2.24, 2.45) is 0 Å². The van der Waals surface area contributed by atoms with E-state index in [1.54, 1.807) is 13.2 Å². The number of carbonyl (C=O) groups is 1. The number of anilines is 2. The molecule has 162 valence electrons. The van der Waals surface area contributed by atoms with Crippen LogP contribution >= 0.6 is 35.1 Å². The Kier molecular flexibility index (Phi) is 7.26. The summed E-state index contributed by atoms with van der Waals surface area (Å²) in [6, 6.07) is 12.9. The molecule has 0 atom stereocenters. The molecular weight excluding hydrogens is 456 g/mol. The van der Waals surface area contributed by atoms with Gasteiger partial charge in [0, 0.05) is 35.8 Å². The zero-order valence-corrected chi connectivity index (χ0v) is 19.2. The van der Waals surface area contributed by atoms with Crippen molar-refractivity contribution in [3.8, 4) is 17.2 Å². The topological polar surface area (TPSA) is 80.5 Å². The van der Waals surface area contributed by atoms with Crippen molar-refractivity contribution in [2.45, 2.75) is 5.22 Å². The number of nitrogens with one attached hydrogen (secondary N) is 1. The molecule has 0 bridgehead atoms. The average Bonchev–Trinajstić information content (AvgIpc) is 3.28. The number of nitrogens with zero attached hydrogens (tertiary/aromatic N) is 3. The zero-order valence-electron chi connectivity index (χ0n) is 16.8. The van der Waals surface area contributed by atoms with Gasteiger partial charge in [0.25, 0.3) is 5.22 Å². The first-order chi connectivity index (χ1) is 15.1. The molecule has 31 heavy (non-hydrogen) atoms. The van der Waals surface area contributed by atoms with Crippen LogP contribution in [0.1, 0.15) is 0 Å². The lowest BCUT2D eigenvalue weighted by molar-refractivity contribution is -0.113. The maximum atomic E-state index is 12.3. The zero-order chi connectivity index (χ0) is 21.6. The van der Waals surface area contributed by atoms with Crippen molar-refractivity contribution in [1.29, 1.82) is 0 Å². The van der Waals surface area contributed by atoms with Gasteiger partial charge in [0.05, 0.1) is 23.6 Å². The van der Waals surface area contributed by atoms with Gasteiger partial charge in [-0.25, -0.2) is 0 Å². The van der Waals surface area contributed by atoms with E-state index in [1.807, 2.05) is 48.2 Å². The summed E-state index contributed by atoms with van der Waals surface area (Å²) in [5, 5.41) is 11.9. The predicted molar refractivity (Wildman–Crippen MR) is 127 cm³/mol. The Labute approximate surface area is 193 Å². The number of ether oxygens (including phenoxy) is 1. The van der Waals surface area contributed by atoms with Gasteiger partial charge in [-0.3, -0.25) is 4.79 Å². The lowest BCUT2D eigenvalue weighted by Crippen LogP contribution is -2.32. The first kappa shape index (κ1) is 21.9. The number of hydrogen-bond acceptors (Lipinski definition) is 8. The van der Waals surface area contributed by atoms with Crippen LogP contribution in [0.4, 0.5) is 11.4 Å². The minimum absolute atomic E-state index is 0.146. The summed E-state index contributed by atoms with van der Waals surface area (Å²) in [6.07, 6.45) is 0. The van der Waals surface area contributed by atoms with Gasteiger partial charge in [-0.15, -0.1) is 10.2 Å². The second kappa shape index (κ2) is 10.3. The number of halogens is 1. The van der Waals surface area contributed by atoms with Gasteiger partial charge in [0.2, 0.25) is 11.8 Å². The summed E-state index contributed by atoms with van der Waals surface area (Å²) in [5.74, 6) is 3.31. The molecule has 1 N–H and O–H groups in total. The number of benzene rings is 2. The number of carbonyl (C=O) groups excluding carboxylic acids is 1. The van der Waals surface area contributed by atoms with E-state index in [4.69, 9.17) is 20.8 Å². The van der Waals surface area contributed by atoms with E-state index in [1.165, 1.54) is 11.8 Å². The van der Waals surface area contributed by atoms with Crippen molar-refractivity contribution < 1.29 is 13.9 Å². The van der Waals surface area contributed by atoms with Gasteiger partial charge in [-0.1, -0.05) is 23.4 Å². The Bertz CT molecular complexity index is 1040. The average molecular weight is 477 g/mol. The summed E-state index contributed by atoms with van der Waals surface area (Å²) in [4.78, 5) is 14.6. The summed E-state index contributed by atoms with van der Waals surface area (Å²) in [6.45, 7) is 1.96. The highest BCUT2D eigenvalue weighted by Crippen LogP contribution is 2.31. The fourth-order valence-corrected chi connectivity index (χ4v) is 4.85. The SMILES string of the molecule is COc1ccc(-c2nnc(SCC(=O)Nc3ccc(N4CCSCC4)c(Cl)c3)o2)cc1. The molecule has 1 aliphatic rings. The van der Waals surface area contributed by atoms with E-state index in [9.17, 15) is 4.79 Å². The largest absolute Gasteiger partial charge is 0.497 e. The Hall–Kier alpha value is -2.36. The van der Waals surface area contributed by atoms with E-state index >= 15 is 0 Å². The minimum Gasteiger partial charge on any atom is -0.497 e.